The van der Waals surface area contributed by atoms with Crippen LogP contribution in [0.15, 0.2) is 61.5 Å². The van der Waals surface area contributed by atoms with Crippen LogP contribution in [0.25, 0.3) is 11.1 Å². The normalized spacial score (nSPS) is 12.8. The van der Waals surface area contributed by atoms with Gasteiger partial charge in [0.2, 0.25) is 0 Å². The van der Waals surface area contributed by atoms with Gasteiger partial charge in [-0.05, 0) is 54.6 Å². The molecule has 3 rings (SSSR count). The molecular formula is C15H13BrN2OS. The fraction of sp³-hybridized carbons (Fsp3) is 0.133. The molecule has 5 heteroatoms. The zero-order chi connectivity index (χ0) is 14.1. The van der Waals surface area contributed by atoms with Gasteiger partial charge in [-0.15, -0.1) is 0 Å². The molecule has 0 amide bonds. The van der Waals surface area contributed by atoms with Crippen LogP contribution in [0.1, 0.15) is 18.5 Å². The molecule has 0 aliphatic heterocycles. The molecule has 3 nitrogen and oxygen atoms in total. The number of aromatic nitrogens is 1. The first kappa shape index (κ1) is 13.7. The summed E-state index contributed by atoms with van der Waals surface area (Å²) in [7, 11) is 0. The van der Waals surface area contributed by atoms with Gasteiger partial charge >= 0.3 is 0 Å². The molecule has 0 bridgehead atoms. The number of halogens is 1. The third-order valence-corrected chi connectivity index (χ3v) is 4.37. The molecule has 0 saturated heterocycles. The average Bonchev–Trinajstić information content (AvgIpc) is 2.82. The molecule has 0 aliphatic rings. The Morgan fingerprint density at radius 1 is 1.25 bits per heavy atom. The Morgan fingerprint density at radius 3 is 2.80 bits per heavy atom. The number of nitrogens with two attached hydrogens (primary N) is 1. The van der Waals surface area contributed by atoms with Crippen LogP contribution in [0, 0.1) is 0 Å². The number of benzene rings is 2. The summed E-state index contributed by atoms with van der Waals surface area (Å²) in [4.78, 5) is 5.54. The van der Waals surface area contributed by atoms with Gasteiger partial charge in [-0.3, -0.25) is 0 Å². The lowest BCUT2D eigenvalue weighted by Gasteiger charge is -2.11. The molecule has 2 aromatic carbocycles. The molecule has 3 aromatic rings. The number of hydrogen-bond donors (Lipinski definition) is 1. The van der Waals surface area contributed by atoms with Crippen LogP contribution in [0.5, 0.6) is 0 Å². The van der Waals surface area contributed by atoms with Crippen molar-refractivity contribution < 1.29 is 4.42 Å². The number of rotatable bonds is 3. The summed E-state index contributed by atoms with van der Waals surface area (Å²) in [5.74, 6) is 0. The van der Waals surface area contributed by atoms with Gasteiger partial charge in [0, 0.05) is 15.4 Å². The summed E-state index contributed by atoms with van der Waals surface area (Å²) in [6.45, 7) is 1.97. The highest BCUT2D eigenvalue weighted by Crippen LogP contribution is 2.35. The van der Waals surface area contributed by atoms with Crippen LogP contribution in [-0.4, -0.2) is 4.98 Å². The van der Waals surface area contributed by atoms with Crippen molar-refractivity contribution in [3.8, 4) is 0 Å². The molecule has 0 radical (unpaired) electrons. The molecule has 0 aliphatic carbocycles. The first-order valence-electron chi connectivity index (χ1n) is 6.22. The summed E-state index contributed by atoms with van der Waals surface area (Å²) in [5, 5.41) is 0.635. The van der Waals surface area contributed by atoms with Crippen molar-refractivity contribution in [2.75, 3.05) is 0 Å². The fourth-order valence-electron chi connectivity index (χ4n) is 1.96. The number of fused-ring (bicyclic) bond motifs is 1. The van der Waals surface area contributed by atoms with Crippen LogP contribution in [-0.2, 0) is 0 Å². The zero-order valence-electron chi connectivity index (χ0n) is 10.8. The molecule has 0 spiro atoms. The minimum atomic E-state index is -0.0422. The molecule has 0 fully saturated rings. The zero-order valence-corrected chi connectivity index (χ0v) is 13.2. The third kappa shape index (κ3) is 2.75. The van der Waals surface area contributed by atoms with Gasteiger partial charge in [0.15, 0.2) is 5.58 Å². The highest BCUT2D eigenvalue weighted by atomic mass is 79.9. The van der Waals surface area contributed by atoms with Crippen LogP contribution in [0.4, 0.5) is 0 Å². The Labute approximate surface area is 129 Å². The van der Waals surface area contributed by atoms with Gasteiger partial charge in [-0.25, -0.2) is 4.98 Å². The van der Waals surface area contributed by atoms with E-state index in [1.54, 1.807) is 0 Å². The summed E-state index contributed by atoms with van der Waals surface area (Å²) < 4.78 is 6.76. The van der Waals surface area contributed by atoms with Crippen LogP contribution in [0.3, 0.4) is 0 Å². The monoisotopic (exact) mass is 348 g/mol. The van der Waals surface area contributed by atoms with Crippen molar-refractivity contribution in [2.24, 2.45) is 5.73 Å². The maximum atomic E-state index is 6.03. The van der Waals surface area contributed by atoms with Crippen molar-refractivity contribution in [3.05, 3.63) is 52.5 Å². The van der Waals surface area contributed by atoms with E-state index in [2.05, 4.69) is 20.9 Å². The molecule has 1 unspecified atom stereocenters. The van der Waals surface area contributed by atoms with Crippen LogP contribution < -0.4 is 5.73 Å². The number of hydrogen-bond acceptors (Lipinski definition) is 4. The second-order valence-corrected chi connectivity index (χ2v) is 6.43. The van der Waals surface area contributed by atoms with Gasteiger partial charge in [0.25, 0.3) is 5.22 Å². The summed E-state index contributed by atoms with van der Waals surface area (Å²) in [6.07, 6.45) is 0. The van der Waals surface area contributed by atoms with E-state index in [-0.39, 0.29) is 6.04 Å². The minimum Gasteiger partial charge on any atom is -0.431 e. The summed E-state index contributed by atoms with van der Waals surface area (Å²) in [6, 6.07) is 13.8. The maximum Gasteiger partial charge on any atom is 0.261 e. The van der Waals surface area contributed by atoms with E-state index < -0.39 is 0 Å². The fourth-order valence-corrected chi connectivity index (χ4v) is 3.30. The molecule has 0 saturated carbocycles. The van der Waals surface area contributed by atoms with Gasteiger partial charge in [-0.2, -0.15) is 0 Å². The lowest BCUT2D eigenvalue weighted by atomic mass is 10.1. The highest BCUT2D eigenvalue weighted by Gasteiger charge is 2.13. The predicted octanol–water partition coefficient (Wildman–Crippen LogP) is 4.76. The topological polar surface area (TPSA) is 52.0 Å². The van der Waals surface area contributed by atoms with Crippen molar-refractivity contribution in [1.29, 1.82) is 0 Å². The van der Waals surface area contributed by atoms with E-state index in [1.165, 1.54) is 11.8 Å². The van der Waals surface area contributed by atoms with E-state index in [9.17, 15) is 0 Å². The van der Waals surface area contributed by atoms with E-state index in [4.69, 9.17) is 10.2 Å². The average molecular weight is 349 g/mol. The maximum absolute atomic E-state index is 6.03. The lowest BCUT2D eigenvalue weighted by Crippen LogP contribution is -2.06. The second-order valence-electron chi connectivity index (χ2n) is 4.52. The second kappa shape index (κ2) is 5.60. The smallest absolute Gasteiger partial charge is 0.261 e. The van der Waals surface area contributed by atoms with Crippen molar-refractivity contribution in [2.45, 2.75) is 23.1 Å². The molecule has 2 N–H and O–H groups in total. The van der Waals surface area contributed by atoms with Gasteiger partial charge in [-0.1, -0.05) is 28.1 Å². The third-order valence-electron chi connectivity index (χ3n) is 2.93. The Balaban J connectivity index is 1.98. The quantitative estimate of drug-likeness (QED) is 0.741. The van der Waals surface area contributed by atoms with E-state index in [0.717, 1.165) is 26.0 Å². The van der Waals surface area contributed by atoms with Crippen molar-refractivity contribution >= 4 is 38.8 Å². The van der Waals surface area contributed by atoms with Gasteiger partial charge < -0.3 is 10.2 Å². The van der Waals surface area contributed by atoms with Crippen molar-refractivity contribution in [1.82, 2.24) is 4.98 Å². The molecule has 1 heterocycles. The SMILES string of the molecule is CC(N)c1cc(Br)ccc1Sc1nc2ccccc2o1. The summed E-state index contributed by atoms with van der Waals surface area (Å²) >= 11 is 4.97. The Hall–Kier alpha value is -1.30. The first-order chi connectivity index (χ1) is 9.63. The Morgan fingerprint density at radius 2 is 2.05 bits per heavy atom. The standard InChI is InChI=1S/C15H13BrN2OS/c1-9(17)11-8-10(16)6-7-14(11)20-15-18-12-4-2-3-5-13(12)19-15/h2-9H,17H2,1H3. The molecule has 102 valence electrons. The number of oxazole rings is 1. The highest BCUT2D eigenvalue weighted by molar-refractivity contribution is 9.10. The number of para-hydroxylation sites is 2. The van der Waals surface area contributed by atoms with Gasteiger partial charge in [0.05, 0.1) is 0 Å². The summed E-state index contributed by atoms with van der Waals surface area (Å²) in [5.41, 5.74) is 8.77. The molecule has 1 aromatic heterocycles. The number of nitrogens with zero attached hydrogens (tertiary/aromatic N) is 1. The van der Waals surface area contributed by atoms with E-state index in [0.29, 0.717) is 5.22 Å². The van der Waals surface area contributed by atoms with Crippen molar-refractivity contribution in [3.63, 3.8) is 0 Å². The van der Waals surface area contributed by atoms with Crippen LogP contribution >= 0.6 is 27.7 Å². The minimum absolute atomic E-state index is 0.0422. The Bertz CT molecular complexity index is 721. The molecule has 20 heavy (non-hydrogen) atoms. The predicted molar refractivity (Wildman–Crippen MR) is 84.9 cm³/mol. The van der Waals surface area contributed by atoms with E-state index >= 15 is 0 Å². The first-order valence-corrected chi connectivity index (χ1v) is 7.83. The largest absolute Gasteiger partial charge is 0.431 e. The lowest BCUT2D eigenvalue weighted by molar-refractivity contribution is 0.489. The Kier molecular flexibility index (Phi) is 3.83. The van der Waals surface area contributed by atoms with Gasteiger partial charge in [0.1, 0.15) is 5.52 Å². The molecule has 1 atom stereocenters. The van der Waals surface area contributed by atoms with Crippen LogP contribution in [0.2, 0.25) is 0 Å². The molecular weight excluding hydrogens is 336 g/mol. The van der Waals surface area contributed by atoms with E-state index in [1.807, 2.05) is 49.4 Å².